The molecule has 4 aromatic rings. The molecule has 0 radical (unpaired) electrons. The zero-order chi connectivity index (χ0) is 18.1. The first-order chi connectivity index (χ1) is 12.4. The Kier molecular flexibility index (Phi) is 3.14. The molecule has 26 heavy (non-hydrogen) atoms. The fourth-order valence-corrected chi connectivity index (χ4v) is 3.93. The molecule has 1 aliphatic heterocycles. The van der Waals surface area contributed by atoms with E-state index in [1.807, 2.05) is 0 Å². The molecule has 1 aliphatic rings. The highest BCUT2D eigenvalue weighted by molar-refractivity contribution is 6.69. The maximum atomic E-state index is 6.45. The van der Waals surface area contributed by atoms with Crippen LogP contribution in [0.5, 0.6) is 0 Å². The highest BCUT2D eigenvalue weighted by Gasteiger charge is 2.52. The molecule has 1 N–H and O–H groups in total. The summed E-state index contributed by atoms with van der Waals surface area (Å²) in [6, 6.07) is 19.1. The first-order valence-corrected chi connectivity index (χ1v) is 9.15. The van der Waals surface area contributed by atoms with Crippen molar-refractivity contribution in [1.29, 1.82) is 0 Å². The average molecular weight is 343 g/mol. The summed E-state index contributed by atoms with van der Waals surface area (Å²) in [4.78, 5) is 3.56. The first kappa shape index (κ1) is 15.9. The minimum Gasteiger partial charge on any atom is -0.399 e. The smallest absolute Gasteiger partial charge is 0.399 e. The molecule has 0 atom stereocenters. The van der Waals surface area contributed by atoms with Gasteiger partial charge in [-0.1, -0.05) is 42.5 Å². The Balaban J connectivity index is 1.89. The van der Waals surface area contributed by atoms with Gasteiger partial charge in [-0.3, -0.25) is 0 Å². The van der Waals surface area contributed by atoms with Crippen LogP contribution in [0.4, 0.5) is 0 Å². The fourth-order valence-electron chi connectivity index (χ4n) is 3.93. The number of H-pyrrole nitrogens is 1. The van der Waals surface area contributed by atoms with Crippen molar-refractivity contribution in [2.75, 3.05) is 0 Å². The van der Waals surface area contributed by atoms with Crippen LogP contribution in [-0.4, -0.2) is 23.3 Å². The third-order valence-electron chi connectivity index (χ3n) is 6.04. The lowest BCUT2D eigenvalue weighted by atomic mass is 9.73. The Hall–Kier alpha value is -2.30. The molecule has 2 heterocycles. The lowest BCUT2D eigenvalue weighted by Crippen LogP contribution is -2.41. The van der Waals surface area contributed by atoms with Gasteiger partial charge < -0.3 is 14.3 Å². The topological polar surface area (TPSA) is 34.2 Å². The standard InChI is InChI=1S/C22H22BNO2/c1-21(2)22(3,4)26-23(25-21)20-15-10-6-5-9-14(15)13-18-19(20)16-11-7-8-12-17(16)24-18/h5-13,24H,1-4H3. The van der Waals surface area contributed by atoms with Gasteiger partial charge in [-0.15, -0.1) is 0 Å². The molecule has 0 unspecified atom stereocenters. The number of hydrogen-bond acceptors (Lipinski definition) is 2. The maximum absolute atomic E-state index is 6.45. The van der Waals surface area contributed by atoms with Crippen molar-refractivity contribution < 1.29 is 9.31 Å². The zero-order valence-electron chi connectivity index (χ0n) is 15.6. The summed E-state index contributed by atoms with van der Waals surface area (Å²) < 4.78 is 12.9. The van der Waals surface area contributed by atoms with Crippen molar-refractivity contribution in [3.63, 3.8) is 0 Å². The lowest BCUT2D eigenvalue weighted by molar-refractivity contribution is 0.00578. The van der Waals surface area contributed by atoms with Crippen LogP contribution in [-0.2, 0) is 9.31 Å². The predicted molar refractivity (Wildman–Crippen MR) is 109 cm³/mol. The van der Waals surface area contributed by atoms with Crippen LogP contribution in [0.15, 0.2) is 54.6 Å². The Labute approximate surface area is 153 Å². The fraction of sp³-hybridized carbons (Fsp3) is 0.273. The third-order valence-corrected chi connectivity index (χ3v) is 6.04. The van der Waals surface area contributed by atoms with Crippen molar-refractivity contribution in [1.82, 2.24) is 4.98 Å². The largest absolute Gasteiger partial charge is 0.496 e. The van der Waals surface area contributed by atoms with E-state index >= 15 is 0 Å². The van der Waals surface area contributed by atoms with Crippen LogP contribution in [0.2, 0.25) is 0 Å². The van der Waals surface area contributed by atoms with E-state index in [2.05, 4.69) is 87.3 Å². The van der Waals surface area contributed by atoms with Gasteiger partial charge in [-0.2, -0.15) is 0 Å². The molecule has 3 nitrogen and oxygen atoms in total. The summed E-state index contributed by atoms with van der Waals surface area (Å²) >= 11 is 0. The molecule has 130 valence electrons. The molecule has 0 amide bonds. The molecular weight excluding hydrogens is 321 g/mol. The van der Waals surface area contributed by atoms with Crippen molar-refractivity contribution in [2.45, 2.75) is 38.9 Å². The third kappa shape index (κ3) is 2.09. The van der Waals surface area contributed by atoms with Crippen molar-refractivity contribution in [2.24, 2.45) is 0 Å². The van der Waals surface area contributed by atoms with Gasteiger partial charge in [-0.05, 0) is 50.6 Å². The highest BCUT2D eigenvalue weighted by atomic mass is 16.7. The van der Waals surface area contributed by atoms with Gasteiger partial charge in [0.15, 0.2) is 0 Å². The minimum absolute atomic E-state index is 0.368. The minimum atomic E-state index is -0.396. The van der Waals surface area contributed by atoms with E-state index in [4.69, 9.17) is 9.31 Å². The molecule has 4 heteroatoms. The number of fused-ring (bicyclic) bond motifs is 4. The molecule has 0 bridgehead atoms. The van der Waals surface area contributed by atoms with Gasteiger partial charge in [0.2, 0.25) is 0 Å². The summed E-state index contributed by atoms with van der Waals surface area (Å²) in [7, 11) is -0.396. The highest BCUT2D eigenvalue weighted by Crippen LogP contribution is 2.38. The van der Waals surface area contributed by atoms with Gasteiger partial charge in [0, 0.05) is 27.3 Å². The number of rotatable bonds is 1. The van der Waals surface area contributed by atoms with Crippen LogP contribution in [0, 0.1) is 0 Å². The van der Waals surface area contributed by atoms with E-state index in [1.54, 1.807) is 0 Å². The van der Waals surface area contributed by atoms with Gasteiger partial charge in [0.25, 0.3) is 0 Å². The van der Waals surface area contributed by atoms with E-state index in [1.165, 1.54) is 21.5 Å². The van der Waals surface area contributed by atoms with Gasteiger partial charge in [0.1, 0.15) is 0 Å². The second-order valence-corrected chi connectivity index (χ2v) is 8.19. The van der Waals surface area contributed by atoms with Gasteiger partial charge in [0.05, 0.1) is 11.2 Å². The maximum Gasteiger partial charge on any atom is 0.496 e. The van der Waals surface area contributed by atoms with Crippen molar-refractivity contribution in [3.05, 3.63) is 54.6 Å². The van der Waals surface area contributed by atoms with Crippen LogP contribution in [0.3, 0.4) is 0 Å². The Morgan fingerprint density at radius 2 is 1.38 bits per heavy atom. The zero-order valence-corrected chi connectivity index (χ0v) is 15.6. The molecule has 0 aliphatic carbocycles. The summed E-state index contributed by atoms with van der Waals surface area (Å²) in [5, 5.41) is 4.77. The number of aromatic nitrogens is 1. The van der Waals surface area contributed by atoms with E-state index in [0.717, 1.165) is 16.5 Å². The van der Waals surface area contributed by atoms with E-state index < -0.39 is 7.12 Å². The number of benzene rings is 3. The van der Waals surface area contributed by atoms with Crippen molar-refractivity contribution >= 4 is 45.2 Å². The number of nitrogens with one attached hydrogen (secondary N) is 1. The Morgan fingerprint density at radius 3 is 2.12 bits per heavy atom. The first-order valence-electron chi connectivity index (χ1n) is 9.15. The average Bonchev–Trinajstić information content (AvgIpc) is 3.06. The van der Waals surface area contributed by atoms with Crippen LogP contribution in [0.1, 0.15) is 27.7 Å². The predicted octanol–water partition coefficient (Wildman–Crippen LogP) is 4.77. The molecule has 1 fully saturated rings. The number of para-hydroxylation sites is 1. The van der Waals surface area contributed by atoms with E-state index in [0.29, 0.717) is 0 Å². The normalized spacial score (nSPS) is 19.0. The SMILES string of the molecule is CC1(C)OB(c2c3ccccc3cc3[nH]c4ccccc4c23)OC1(C)C. The summed E-state index contributed by atoms with van der Waals surface area (Å²) in [6.45, 7) is 8.41. The number of aromatic amines is 1. The number of hydrogen-bond donors (Lipinski definition) is 1. The van der Waals surface area contributed by atoms with Gasteiger partial charge in [-0.25, -0.2) is 0 Å². The van der Waals surface area contributed by atoms with Crippen molar-refractivity contribution in [3.8, 4) is 0 Å². The van der Waals surface area contributed by atoms with Crippen LogP contribution < -0.4 is 5.46 Å². The molecule has 3 aromatic carbocycles. The molecule has 1 saturated heterocycles. The summed E-state index contributed by atoms with van der Waals surface area (Å²) in [5.41, 5.74) is 2.64. The van der Waals surface area contributed by atoms with Crippen LogP contribution >= 0.6 is 0 Å². The second kappa shape index (κ2) is 5.12. The van der Waals surface area contributed by atoms with E-state index in [-0.39, 0.29) is 11.2 Å². The molecule has 5 rings (SSSR count). The summed E-state index contributed by atoms with van der Waals surface area (Å²) in [6.07, 6.45) is 0. The quantitative estimate of drug-likeness (QED) is 0.505. The Bertz CT molecular complexity index is 1140. The molecule has 0 saturated carbocycles. The summed E-state index contributed by atoms with van der Waals surface area (Å²) in [5.74, 6) is 0. The van der Waals surface area contributed by atoms with E-state index in [9.17, 15) is 0 Å². The Morgan fingerprint density at radius 1 is 0.769 bits per heavy atom. The van der Waals surface area contributed by atoms with Crippen LogP contribution in [0.25, 0.3) is 32.6 Å². The molecule has 1 aromatic heterocycles. The monoisotopic (exact) mass is 343 g/mol. The lowest BCUT2D eigenvalue weighted by Gasteiger charge is -2.32. The second-order valence-electron chi connectivity index (χ2n) is 8.19. The molecular formula is C22H22BNO2. The van der Waals surface area contributed by atoms with Gasteiger partial charge >= 0.3 is 7.12 Å². The molecule has 0 spiro atoms.